The molecule has 0 saturated heterocycles. The van der Waals surface area contributed by atoms with Crippen molar-refractivity contribution in [2.75, 3.05) is 6.61 Å². The Hall–Kier alpha value is -3.35. The highest BCUT2D eigenvalue weighted by Crippen LogP contribution is 2.60. The number of hydrogen-bond acceptors (Lipinski definition) is 4. The van der Waals surface area contributed by atoms with E-state index in [4.69, 9.17) is 9.84 Å². The molecule has 3 aliphatic rings. The number of amides is 2. The molecule has 3 aliphatic carbocycles. The Morgan fingerprint density at radius 3 is 2.12 bits per heavy atom. The summed E-state index contributed by atoms with van der Waals surface area (Å²) in [6.07, 6.45) is 3.56. The zero-order valence-electron chi connectivity index (χ0n) is 18.6. The maximum Gasteiger partial charge on any atom is 0.408 e. The molecule has 172 valence electrons. The molecule has 3 N–H and O–H groups in total. The molecule has 0 aliphatic heterocycles. The molecule has 0 aromatic heterocycles. The minimum atomic E-state index is -1.12. The molecule has 2 saturated carbocycles. The first-order valence-corrected chi connectivity index (χ1v) is 11.5. The average Bonchev–Trinajstić information content (AvgIpc) is 3.07. The van der Waals surface area contributed by atoms with Crippen molar-refractivity contribution in [1.82, 2.24) is 10.6 Å². The molecule has 2 fully saturated rings. The summed E-state index contributed by atoms with van der Waals surface area (Å²) in [5.74, 6) is -1.64. The predicted octanol–water partition coefficient (Wildman–Crippen LogP) is 3.82. The Balaban J connectivity index is 1.28. The maximum atomic E-state index is 13.0. The molecule has 0 heterocycles. The van der Waals surface area contributed by atoms with Gasteiger partial charge in [0.1, 0.15) is 18.2 Å². The van der Waals surface area contributed by atoms with E-state index < -0.39 is 29.6 Å². The van der Waals surface area contributed by atoms with E-state index in [0.717, 1.165) is 41.5 Å². The molecule has 1 spiro atoms. The average molecular weight is 449 g/mol. The molecule has 2 aromatic carbocycles. The van der Waals surface area contributed by atoms with Crippen LogP contribution in [-0.4, -0.2) is 41.3 Å². The second kappa shape index (κ2) is 7.90. The fraction of sp³-hybridized carbons (Fsp3) is 0.423. The summed E-state index contributed by atoms with van der Waals surface area (Å²) in [6, 6.07) is 15.2. The van der Waals surface area contributed by atoms with Crippen LogP contribution in [0.4, 0.5) is 4.79 Å². The van der Waals surface area contributed by atoms with Crippen LogP contribution in [0.5, 0.6) is 0 Å². The zero-order valence-corrected chi connectivity index (χ0v) is 18.6. The molecular weight excluding hydrogens is 420 g/mol. The van der Waals surface area contributed by atoms with Crippen LogP contribution < -0.4 is 10.6 Å². The second-order valence-electron chi connectivity index (χ2n) is 9.77. The molecule has 0 bridgehead atoms. The lowest BCUT2D eigenvalue weighted by molar-refractivity contribution is -0.149. The Bertz CT molecular complexity index is 1070. The van der Waals surface area contributed by atoms with Crippen LogP contribution in [0.25, 0.3) is 11.1 Å². The van der Waals surface area contributed by atoms with Gasteiger partial charge in [0.15, 0.2) is 0 Å². The van der Waals surface area contributed by atoms with Crippen LogP contribution in [0.3, 0.4) is 0 Å². The van der Waals surface area contributed by atoms with Crippen LogP contribution >= 0.6 is 0 Å². The maximum absolute atomic E-state index is 13.0. The zero-order chi connectivity index (χ0) is 23.2. The van der Waals surface area contributed by atoms with E-state index in [9.17, 15) is 14.4 Å². The highest BCUT2D eigenvalue weighted by Gasteiger charge is 2.62. The van der Waals surface area contributed by atoms with E-state index in [0.29, 0.717) is 12.8 Å². The Labute approximate surface area is 192 Å². The highest BCUT2D eigenvalue weighted by molar-refractivity contribution is 5.94. The lowest BCUT2D eigenvalue weighted by Gasteiger charge is -2.59. The van der Waals surface area contributed by atoms with Gasteiger partial charge < -0.3 is 20.5 Å². The van der Waals surface area contributed by atoms with Crippen molar-refractivity contribution in [2.24, 2.45) is 5.41 Å². The van der Waals surface area contributed by atoms with Gasteiger partial charge in [0, 0.05) is 5.92 Å². The van der Waals surface area contributed by atoms with Gasteiger partial charge in [-0.1, -0.05) is 55.0 Å². The summed E-state index contributed by atoms with van der Waals surface area (Å²) in [7, 11) is 0. The van der Waals surface area contributed by atoms with E-state index in [1.165, 1.54) is 6.92 Å². The first kappa shape index (κ1) is 21.5. The molecule has 0 radical (unpaired) electrons. The first-order chi connectivity index (χ1) is 15.8. The summed E-state index contributed by atoms with van der Waals surface area (Å²) in [4.78, 5) is 37.0. The number of nitrogens with one attached hydrogen (secondary N) is 2. The second-order valence-corrected chi connectivity index (χ2v) is 9.77. The smallest absolute Gasteiger partial charge is 0.408 e. The van der Waals surface area contributed by atoms with Crippen molar-refractivity contribution >= 4 is 18.0 Å². The van der Waals surface area contributed by atoms with Gasteiger partial charge in [-0.2, -0.15) is 0 Å². The van der Waals surface area contributed by atoms with Gasteiger partial charge in [0.25, 0.3) is 0 Å². The van der Waals surface area contributed by atoms with Gasteiger partial charge in [-0.15, -0.1) is 0 Å². The summed E-state index contributed by atoms with van der Waals surface area (Å²) in [5, 5.41) is 14.5. The number of hydrogen-bond donors (Lipinski definition) is 3. The number of aliphatic carboxylic acids is 1. The third-order valence-electron chi connectivity index (χ3n) is 7.61. The largest absolute Gasteiger partial charge is 0.480 e. The molecule has 5 rings (SSSR count). The molecular formula is C26H28N2O5. The minimum absolute atomic E-state index is 0.0701. The topological polar surface area (TPSA) is 105 Å². The third kappa shape index (κ3) is 3.65. The van der Waals surface area contributed by atoms with E-state index in [-0.39, 0.29) is 17.9 Å². The van der Waals surface area contributed by atoms with E-state index >= 15 is 0 Å². The SMILES string of the molecule is C[C@H](NC(=O)C1(NC(=O)OCC2c3ccccc3-c3ccccc32)CC2(CCC2)C1)C(=O)O. The van der Waals surface area contributed by atoms with Gasteiger partial charge in [0.2, 0.25) is 5.91 Å². The van der Waals surface area contributed by atoms with Crippen molar-refractivity contribution in [2.45, 2.75) is 56.5 Å². The lowest BCUT2D eigenvalue weighted by Crippen LogP contribution is -2.71. The van der Waals surface area contributed by atoms with Crippen molar-refractivity contribution in [1.29, 1.82) is 0 Å². The normalized spacial score (nSPS) is 19.9. The van der Waals surface area contributed by atoms with Crippen LogP contribution in [-0.2, 0) is 14.3 Å². The summed E-state index contributed by atoms with van der Waals surface area (Å²) in [6.45, 7) is 1.58. The summed E-state index contributed by atoms with van der Waals surface area (Å²) in [5.41, 5.74) is 3.49. The van der Waals surface area contributed by atoms with Crippen molar-refractivity contribution in [3.8, 4) is 11.1 Å². The molecule has 7 heteroatoms. The van der Waals surface area contributed by atoms with Crippen LogP contribution in [0.15, 0.2) is 48.5 Å². The van der Waals surface area contributed by atoms with Gasteiger partial charge >= 0.3 is 12.1 Å². The minimum Gasteiger partial charge on any atom is -0.480 e. The molecule has 2 amide bonds. The van der Waals surface area contributed by atoms with Crippen molar-refractivity contribution < 1.29 is 24.2 Å². The van der Waals surface area contributed by atoms with E-state index in [1.54, 1.807) is 0 Å². The monoisotopic (exact) mass is 448 g/mol. The third-order valence-corrected chi connectivity index (χ3v) is 7.61. The quantitative estimate of drug-likeness (QED) is 0.623. The molecule has 33 heavy (non-hydrogen) atoms. The van der Waals surface area contributed by atoms with Crippen LogP contribution in [0.2, 0.25) is 0 Å². The molecule has 1 atom stereocenters. The molecule has 2 aromatic rings. The van der Waals surface area contributed by atoms with Gasteiger partial charge in [0.05, 0.1) is 0 Å². The molecule has 0 unspecified atom stereocenters. The number of ether oxygens (including phenoxy) is 1. The predicted molar refractivity (Wildman–Crippen MR) is 122 cm³/mol. The number of rotatable bonds is 6. The fourth-order valence-electron chi connectivity index (χ4n) is 5.79. The van der Waals surface area contributed by atoms with Crippen LogP contribution in [0, 0.1) is 5.41 Å². The highest BCUT2D eigenvalue weighted by atomic mass is 16.5. The lowest BCUT2D eigenvalue weighted by atomic mass is 9.48. The molecule has 7 nitrogen and oxygen atoms in total. The first-order valence-electron chi connectivity index (χ1n) is 11.5. The summed E-state index contributed by atoms with van der Waals surface area (Å²) >= 11 is 0. The van der Waals surface area contributed by atoms with Crippen molar-refractivity contribution in [3.05, 3.63) is 59.7 Å². The van der Waals surface area contributed by atoms with Gasteiger partial charge in [-0.25, -0.2) is 4.79 Å². The summed E-state index contributed by atoms with van der Waals surface area (Å²) < 4.78 is 5.65. The number of alkyl carbamates (subject to hydrolysis) is 1. The Morgan fingerprint density at radius 1 is 1.03 bits per heavy atom. The number of carbonyl (C=O) groups excluding carboxylic acids is 2. The fourth-order valence-corrected chi connectivity index (χ4v) is 5.79. The number of carboxylic acids is 1. The van der Waals surface area contributed by atoms with Crippen molar-refractivity contribution in [3.63, 3.8) is 0 Å². The Morgan fingerprint density at radius 2 is 1.61 bits per heavy atom. The standard InChI is InChI=1S/C26H28N2O5/c1-16(22(29)30)27-23(31)26(14-25(15-26)11-6-12-25)28-24(32)33-13-21-19-9-4-2-7-17(19)18-8-3-5-10-20(18)21/h2-5,7-10,16,21H,6,11-15H2,1H3,(H,27,31)(H,28,32)(H,29,30)/t16-/m0/s1. The number of fused-ring (bicyclic) bond motifs is 3. The number of carbonyl (C=O) groups is 3. The van der Waals surface area contributed by atoms with Gasteiger partial charge in [-0.05, 0) is 60.3 Å². The number of benzene rings is 2. The van der Waals surface area contributed by atoms with Crippen LogP contribution in [0.1, 0.15) is 56.1 Å². The van der Waals surface area contributed by atoms with E-state index in [1.807, 2.05) is 24.3 Å². The Kier molecular flexibility index (Phi) is 5.15. The van der Waals surface area contributed by atoms with Gasteiger partial charge in [-0.3, -0.25) is 9.59 Å². The van der Waals surface area contributed by atoms with E-state index in [2.05, 4.69) is 34.9 Å². The number of carboxylic acid groups (broad SMARTS) is 1.